The summed E-state index contributed by atoms with van der Waals surface area (Å²) in [5.74, 6) is 0. The number of nitrogens with zero attached hydrogens (tertiary/aromatic N) is 1. The number of carbonyl (C=O) groups excluding carboxylic acids is 1. The Bertz CT molecular complexity index is 252. The first-order valence-corrected chi connectivity index (χ1v) is 5.13. The maximum Gasteiger partial charge on any atom is 0.410 e. The normalized spacial score (nSPS) is 26.9. The molecule has 0 saturated carbocycles. The van der Waals surface area contributed by atoms with Gasteiger partial charge in [0.05, 0.1) is 6.54 Å². The zero-order valence-electron chi connectivity index (χ0n) is 9.55. The van der Waals surface area contributed by atoms with Crippen LogP contribution >= 0.6 is 0 Å². The van der Waals surface area contributed by atoms with Crippen molar-refractivity contribution in [3.8, 4) is 0 Å². The molecule has 4 nitrogen and oxygen atoms in total. The van der Waals surface area contributed by atoms with Crippen molar-refractivity contribution < 1.29 is 13.9 Å². The van der Waals surface area contributed by atoms with E-state index in [-0.39, 0.29) is 13.1 Å². The van der Waals surface area contributed by atoms with Gasteiger partial charge in [0.1, 0.15) is 11.3 Å². The Balaban J connectivity index is 2.51. The largest absolute Gasteiger partial charge is 0.444 e. The third kappa shape index (κ3) is 3.34. The summed E-state index contributed by atoms with van der Waals surface area (Å²) in [6.45, 7) is 5.72. The average Bonchev–Trinajstić information content (AvgIpc) is 2.46. The first-order valence-electron chi connectivity index (χ1n) is 5.13. The van der Waals surface area contributed by atoms with Gasteiger partial charge in [0.2, 0.25) is 0 Å². The van der Waals surface area contributed by atoms with Gasteiger partial charge in [-0.1, -0.05) is 0 Å². The Morgan fingerprint density at radius 3 is 2.60 bits per heavy atom. The van der Waals surface area contributed by atoms with Crippen molar-refractivity contribution >= 4 is 6.09 Å². The smallest absolute Gasteiger partial charge is 0.410 e. The number of amides is 1. The lowest BCUT2D eigenvalue weighted by molar-refractivity contribution is 0.0261. The van der Waals surface area contributed by atoms with E-state index in [0.717, 1.165) is 0 Å². The van der Waals surface area contributed by atoms with Crippen LogP contribution in [0.25, 0.3) is 0 Å². The highest BCUT2D eigenvalue weighted by molar-refractivity contribution is 5.68. The number of ether oxygens (including phenoxy) is 1. The number of halogens is 1. The van der Waals surface area contributed by atoms with Crippen molar-refractivity contribution in [2.45, 2.75) is 38.5 Å². The van der Waals surface area contributed by atoms with Gasteiger partial charge in [-0.25, -0.2) is 9.18 Å². The quantitative estimate of drug-likeness (QED) is 0.721. The molecular weight excluding hydrogens is 199 g/mol. The summed E-state index contributed by atoms with van der Waals surface area (Å²) < 4.78 is 18.8. The first kappa shape index (κ1) is 12.2. The summed E-state index contributed by atoms with van der Waals surface area (Å²) in [6, 6.07) is 0. The fourth-order valence-corrected chi connectivity index (χ4v) is 1.48. The number of likely N-dealkylation sites (tertiary alicyclic amines) is 1. The molecule has 1 heterocycles. The van der Waals surface area contributed by atoms with Gasteiger partial charge in [-0.05, 0) is 20.8 Å². The second kappa shape index (κ2) is 3.96. The lowest BCUT2D eigenvalue weighted by atomic mass is 10.1. The number of hydrogen-bond acceptors (Lipinski definition) is 3. The number of hydrogen-bond donors (Lipinski definition) is 1. The number of carbonyl (C=O) groups is 1. The van der Waals surface area contributed by atoms with Crippen LogP contribution in [0.3, 0.4) is 0 Å². The molecule has 1 aliphatic rings. The standard InChI is InChI=1S/C10H19FN2O2/c1-9(2,3)15-8(14)13-5-4-10(11,6-12)7-13/h4-7,12H2,1-3H3. The maximum atomic E-state index is 13.7. The SMILES string of the molecule is CC(C)(C)OC(=O)N1CCC(F)(CN)C1. The van der Waals surface area contributed by atoms with Crippen molar-refractivity contribution in [1.82, 2.24) is 4.90 Å². The highest BCUT2D eigenvalue weighted by atomic mass is 19.1. The van der Waals surface area contributed by atoms with Crippen LogP contribution in [0, 0.1) is 0 Å². The molecular formula is C10H19FN2O2. The van der Waals surface area contributed by atoms with Crippen molar-refractivity contribution in [2.75, 3.05) is 19.6 Å². The molecule has 1 saturated heterocycles. The minimum absolute atomic E-state index is 0.0401. The number of rotatable bonds is 1. The molecule has 2 N–H and O–H groups in total. The van der Waals surface area contributed by atoms with Gasteiger partial charge < -0.3 is 15.4 Å². The van der Waals surface area contributed by atoms with E-state index in [1.807, 2.05) is 0 Å². The Hall–Kier alpha value is -0.840. The molecule has 15 heavy (non-hydrogen) atoms. The van der Waals surface area contributed by atoms with Crippen LogP contribution in [-0.4, -0.2) is 41.9 Å². The van der Waals surface area contributed by atoms with Gasteiger partial charge in [0.15, 0.2) is 0 Å². The first-order chi connectivity index (χ1) is 6.76. The summed E-state index contributed by atoms with van der Waals surface area (Å²) in [5.41, 5.74) is 3.33. The number of nitrogens with two attached hydrogens (primary N) is 1. The van der Waals surface area contributed by atoms with Gasteiger partial charge in [0.25, 0.3) is 0 Å². The summed E-state index contributed by atoms with van der Waals surface area (Å²) in [5, 5.41) is 0. The van der Waals surface area contributed by atoms with Crippen LogP contribution in [0.1, 0.15) is 27.2 Å². The van der Waals surface area contributed by atoms with Gasteiger partial charge in [0, 0.05) is 19.5 Å². The molecule has 1 amide bonds. The molecule has 1 rings (SSSR count). The minimum Gasteiger partial charge on any atom is -0.444 e. The van der Waals surface area contributed by atoms with Crippen LogP contribution in [0.2, 0.25) is 0 Å². The van der Waals surface area contributed by atoms with Gasteiger partial charge >= 0.3 is 6.09 Å². The molecule has 0 aromatic heterocycles. The Labute approximate surface area is 89.6 Å². The average molecular weight is 218 g/mol. The monoisotopic (exact) mass is 218 g/mol. The highest BCUT2D eigenvalue weighted by Gasteiger charge is 2.40. The summed E-state index contributed by atoms with van der Waals surface area (Å²) in [4.78, 5) is 12.9. The van der Waals surface area contributed by atoms with Gasteiger partial charge in [-0.15, -0.1) is 0 Å². The predicted molar refractivity (Wildman–Crippen MR) is 55.3 cm³/mol. The van der Waals surface area contributed by atoms with Crippen LogP contribution in [0.5, 0.6) is 0 Å². The number of alkyl halides is 1. The van der Waals surface area contributed by atoms with Crippen molar-refractivity contribution in [3.63, 3.8) is 0 Å². The molecule has 1 aliphatic heterocycles. The van der Waals surface area contributed by atoms with Crippen molar-refractivity contribution in [3.05, 3.63) is 0 Å². The van der Waals surface area contributed by atoms with E-state index in [0.29, 0.717) is 13.0 Å². The van der Waals surface area contributed by atoms with E-state index >= 15 is 0 Å². The van der Waals surface area contributed by atoms with Crippen LogP contribution in [0.4, 0.5) is 9.18 Å². The van der Waals surface area contributed by atoms with Crippen molar-refractivity contribution in [1.29, 1.82) is 0 Å². The zero-order valence-corrected chi connectivity index (χ0v) is 9.55. The van der Waals surface area contributed by atoms with Gasteiger partial charge in [-0.2, -0.15) is 0 Å². The Morgan fingerprint density at radius 1 is 1.60 bits per heavy atom. The second-order valence-electron chi connectivity index (χ2n) is 5.01. The summed E-state index contributed by atoms with van der Waals surface area (Å²) >= 11 is 0. The topological polar surface area (TPSA) is 55.6 Å². The summed E-state index contributed by atoms with van der Waals surface area (Å²) in [6.07, 6.45) is -0.168. The Morgan fingerprint density at radius 2 is 2.20 bits per heavy atom. The lowest BCUT2D eigenvalue weighted by Gasteiger charge is -2.25. The van der Waals surface area contributed by atoms with E-state index in [2.05, 4.69) is 0 Å². The molecule has 0 spiro atoms. The molecule has 88 valence electrons. The fraction of sp³-hybridized carbons (Fsp3) is 0.900. The fourth-order valence-electron chi connectivity index (χ4n) is 1.48. The third-order valence-corrected chi connectivity index (χ3v) is 2.32. The molecule has 0 aromatic rings. The van der Waals surface area contributed by atoms with Crippen LogP contribution in [-0.2, 0) is 4.74 Å². The predicted octanol–water partition coefficient (Wildman–Crippen LogP) is 1.29. The van der Waals surface area contributed by atoms with Crippen LogP contribution < -0.4 is 5.73 Å². The van der Waals surface area contributed by atoms with E-state index in [1.54, 1.807) is 20.8 Å². The van der Waals surface area contributed by atoms with E-state index in [4.69, 9.17) is 10.5 Å². The van der Waals surface area contributed by atoms with E-state index < -0.39 is 17.4 Å². The molecule has 1 unspecified atom stereocenters. The zero-order chi connectivity index (χ0) is 11.7. The molecule has 0 aromatic carbocycles. The highest BCUT2D eigenvalue weighted by Crippen LogP contribution is 2.25. The Kier molecular flexibility index (Phi) is 3.23. The van der Waals surface area contributed by atoms with Crippen LogP contribution in [0.15, 0.2) is 0 Å². The van der Waals surface area contributed by atoms with E-state index in [1.165, 1.54) is 4.90 Å². The lowest BCUT2D eigenvalue weighted by Crippen LogP contribution is -2.40. The molecule has 1 fully saturated rings. The molecule has 0 bridgehead atoms. The summed E-state index contributed by atoms with van der Waals surface area (Å²) in [7, 11) is 0. The molecule has 1 atom stereocenters. The van der Waals surface area contributed by atoms with Gasteiger partial charge in [-0.3, -0.25) is 0 Å². The molecule has 0 radical (unpaired) electrons. The second-order valence-corrected chi connectivity index (χ2v) is 5.01. The maximum absolute atomic E-state index is 13.7. The third-order valence-electron chi connectivity index (χ3n) is 2.32. The molecule has 5 heteroatoms. The van der Waals surface area contributed by atoms with E-state index in [9.17, 15) is 9.18 Å². The van der Waals surface area contributed by atoms with Crippen molar-refractivity contribution in [2.24, 2.45) is 5.73 Å². The minimum atomic E-state index is -1.43. The molecule has 0 aliphatic carbocycles.